The minimum absolute atomic E-state index is 0.0111. The van der Waals surface area contributed by atoms with Crippen LogP contribution in [0, 0.1) is 48.6 Å². The Morgan fingerprint density at radius 1 is 0.926 bits per heavy atom. The van der Waals surface area contributed by atoms with Gasteiger partial charge in [-0.25, -0.2) is 13.2 Å². The Morgan fingerprint density at radius 2 is 1.68 bits per heavy atom. The van der Waals surface area contributed by atoms with Crippen LogP contribution in [0.3, 0.4) is 0 Å². The Morgan fingerprint density at radius 3 is 2.32 bits per heavy atom. The molecule has 0 spiro atoms. The molecule has 4 aliphatic heterocycles. The van der Waals surface area contributed by atoms with Crippen molar-refractivity contribution in [3.8, 4) is 52.4 Å². The van der Waals surface area contributed by atoms with Crippen LogP contribution in [-0.2, 0) is 9.59 Å². The van der Waals surface area contributed by atoms with Crippen LogP contribution in [-0.4, -0.2) is 125 Å². The molecule has 426 valence electrons. The smallest absolute Gasteiger partial charge is 0.319 e. The molecule has 5 atom stereocenters. The minimum Gasteiger partial charge on any atom is -0.508 e. The number of halogens is 3. The number of carbonyl (C=O) groups is 2. The lowest BCUT2D eigenvalue weighted by Crippen LogP contribution is -2.51. The molecule has 5 unspecified atom stereocenters. The van der Waals surface area contributed by atoms with E-state index in [0.29, 0.717) is 84.4 Å². The minimum atomic E-state index is -0.752. The maximum absolute atomic E-state index is 16.8. The fraction of sp³-hybridized carbons (Fsp3) is 0.429. The van der Waals surface area contributed by atoms with Gasteiger partial charge in [0.15, 0.2) is 11.6 Å². The van der Waals surface area contributed by atoms with Crippen LogP contribution >= 0.6 is 0 Å². The van der Waals surface area contributed by atoms with Crippen LogP contribution in [0.15, 0.2) is 83.5 Å². The van der Waals surface area contributed by atoms with Crippen LogP contribution in [0.25, 0.3) is 44.1 Å². The first-order valence-corrected chi connectivity index (χ1v) is 28.1. The zero-order valence-corrected chi connectivity index (χ0v) is 46.9. The average molecular weight is 1110 g/mol. The number of benzene rings is 4. The second-order valence-electron chi connectivity index (χ2n) is 22.2. The van der Waals surface area contributed by atoms with Crippen LogP contribution in [0.1, 0.15) is 101 Å². The fourth-order valence-corrected chi connectivity index (χ4v) is 11.3. The highest BCUT2D eigenvalue weighted by Crippen LogP contribution is 2.40. The largest absolute Gasteiger partial charge is 0.508 e. The summed E-state index contributed by atoms with van der Waals surface area (Å²) in [5.74, 6) is 2.17. The van der Waals surface area contributed by atoms with Crippen molar-refractivity contribution in [2.45, 2.75) is 103 Å². The van der Waals surface area contributed by atoms with E-state index in [0.717, 1.165) is 67.8 Å². The Balaban J connectivity index is 0.000000249. The maximum Gasteiger partial charge on any atom is 0.319 e. The van der Waals surface area contributed by atoms with Gasteiger partial charge in [-0.2, -0.15) is 9.97 Å². The molecule has 3 aromatic heterocycles. The molecule has 3 N–H and O–H groups in total. The number of terminal acetylenes is 1. The standard InChI is InChI=1S/C41H43F2N7O5.C16H16FNO.C6H13N/c1-4-29-33(42)8-5-25-15-28(52)16-30(36(25)29)38-37(43)39-31(18-44-38)40(50-19-26-6-7-27(20-50)45-26)47-41(46-39)53-14-13-49-11-9-24(10-12-49)22-54-35-17-34(55-48-35)32(21-51)23(2)3;1-11-4-3-5-15(17)16(11)14-8-6-13(7-9-14)12(2)18-10-19;1-6-4-3-5-7(6)2/h1,5,8,15-18,21,23-24,26-27,32,45,52H,6-7,9-14,19-20,22H2,2-3H3;3-10,12H,1-2H3,(H,18,19);6H,3-5H2,1-2H3. The molecule has 4 fully saturated rings. The van der Waals surface area contributed by atoms with Gasteiger partial charge in [-0.3, -0.25) is 14.7 Å². The Hall–Kier alpha value is -7.59. The number of ether oxygens (including phenoxy) is 2. The summed E-state index contributed by atoms with van der Waals surface area (Å²) in [4.78, 5) is 42.6. The maximum atomic E-state index is 16.8. The van der Waals surface area contributed by atoms with Gasteiger partial charge in [0.2, 0.25) is 6.41 Å². The number of aryl methyl sites for hydroxylation is 1. The van der Waals surface area contributed by atoms with Crippen molar-refractivity contribution in [2.24, 2.45) is 11.8 Å². The summed E-state index contributed by atoms with van der Waals surface area (Å²) in [6.45, 7) is 15.8. The SMILES string of the molecule is C#Cc1c(F)ccc2cc(O)cc(-c3ncc4c(N5CC6CCC(C5)N6)nc(OCCN5CCC(COc6cc(C(C=O)C(C)C)on6)CC5)nc4c3F)c12.CC1CCCN1C.Cc1cccc(F)c1-c1ccc(C(C)NC=O)cc1. The Labute approximate surface area is 471 Å². The molecule has 4 saturated heterocycles. The normalized spacial score (nSPS) is 19.1. The van der Waals surface area contributed by atoms with Gasteiger partial charge < -0.3 is 44.3 Å². The van der Waals surface area contributed by atoms with Crippen LogP contribution in [0.2, 0.25) is 0 Å². The zero-order chi connectivity index (χ0) is 57.3. The van der Waals surface area contributed by atoms with E-state index in [2.05, 4.69) is 60.3 Å². The quantitative estimate of drug-likeness (QED) is 0.0617. The van der Waals surface area contributed by atoms with E-state index >= 15 is 4.39 Å². The fourth-order valence-electron chi connectivity index (χ4n) is 11.3. The van der Waals surface area contributed by atoms with E-state index in [-0.39, 0.29) is 69.8 Å². The topological polar surface area (TPSA) is 171 Å². The summed E-state index contributed by atoms with van der Waals surface area (Å²) in [7, 11) is 2.19. The number of aromatic hydroxyl groups is 1. The Kier molecular flexibility index (Phi) is 18.9. The number of piperidine rings is 1. The molecule has 11 rings (SSSR count). The molecule has 0 aliphatic carbocycles. The zero-order valence-electron chi connectivity index (χ0n) is 46.9. The lowest BCUT2D eigenvalue weighted by atomic mass is 9.95. The first-order valence-electron chi connectivity index (χ1n) is 28.1. The van der Waals surface area contributed by atoms with Crippen molar-refractivity contribution >= 4 is 40.2 Å². The number of aromatic nitrogens is 4. The monoisotopic (exact) mass is 1110 g/mol. The number of carbonyl (C=O) groups excluding carboxylic acids is 2. The number of phenolic OH excluding ortho intramolecular Hbond substituents is 1. The highest BCUT2D eigenvalue weighted by Gasteiger charge is 2.35. The number of nitrogens with one attached hydrogen (secondary N) is 2. The molecule has 15 nitrogen and oxygen atoms in total. The van der Waals surface area contributed by atoms with Crippen molar-refractivity contribution in [1.82, 2.24) is 40.5 Å². The van der Waals surface area contributed by atoms with Crippen molar-refractivity contribution in [3.63, 3.8) is 0 Å². The van der Waals surface area contributed by atoms with E-state index in [4.69, 9.17) is 25.4 Å². The lowest BCUT2D eigenvalue weighted by molar-refractivity contribution is -0.111. The highest BCUT2D eigenvalue weighted by atomic mass is 19.1. The first kappa shape index (κ1) is 58.1. The third kappa shape index (κ3) is 13.6. The van der Waals surface area contributed by atoms with Crippen LogP contribution in [0.4, 0.5) is 19.0 Å². The number of hydrogen-bond donors (Lipinski definition) is 3. The number of amides is 1. The summed E-state index contributed by atoms with van der Waals surface area (Å²) in [6.07, 6.45) is 15.5. The summed E-state index contributed by atoms with van der Waals surface area (Å²) < 4.78 is 63.0. The van der Waals surface area contributed by atoms with Gasteiger partial charge in [-0.05, 0) is 149 Å². The number of rotatable bonds is 16. The third-order valence-corrected chi connectivity index (χ3v) is 16.2. The summed E-state index contributed by atoms with van der Waals surface area (Å²) in [5.41, 5.74) is 3.37. The number of phenols is 1. The number of fused-ring (bicyclic) bond motifs is 4. The molecule has 7 aromatic rings. The molecule has 7 heterocycles. The van der Waals surface area contributed by atoms with E-state index in [1.165, 1.54) is 55.9 Å². The predicted octanol–water partition coefficient (Wildman–Crippen LogP) is 10.6. The second-order valence-corrected chi connectivity index (χ2v) is 22.2. The number of anilines is 1. The molecule has 0 radical (unpaired) electrons. The molecule has 1 amide bonds. The average Bonchev–Trinajstić information content (AvgIpc) is 4.17. The van der Waals surface area contributed by atoms with E-state index in [9.17, 15) is 23.5 Å². The van der Waals surface area contributed by atoms with Gasteiger partial charge >= 0.3 is 6.01 Å². The number of likely N-dealkylation sites (tertiary alicyclic amines) is 2. The van der Waals surface area contributed by atoms with Crippen molar-refractivity contribution in [1.29, 1.82) is 0 Å². The van der Waals surface area contributed by atoms with E-state index in [1.807, 2.05) is 58.0 Å². The first-order chi connectivity index (χ1) is 39.1. The number of aldehydes is 1. The molecule has 18 heteroatoms. The number of piperazine rings is 1. The highest BCUT2D eigenvalue weighted by molar-refractivity contribution is 6.03. The lowest BCUT2D eigenvalue weighted by Gasteiger charge is -2.34. The summed E-state index contributed by atoms with van der Waals surface area (Å²) in [5, 5.41) is 22.0. The molecule has 0 saturated carbocycles. The van der Waals surface area contributed by atoms with Gasteiger partial charge in [-0.1, -0.05) is 62.2 Å². The molecular formula is C63H72F3N9O6. The number of nitrogens with zero attached hydrogens (tertiary/aromatic N) is 7. The van der Waals surface area contributed by atoms with E-state index in [1.54, 1.807) is 12.1 Å². The Bertz CT molecular complexity index is 3320. The van der Waals surface area contributed by atoms with Crippen molar-refractivity contribution in [2.75, 3.05) is 64.4 Å². The van der Waals surface area contributed by atoms with Gasteiger partial charge in [0.05, 0.1) is 29.5 Å². The van der Waals surface area contributed by atoms with Gasteiger partial charge in [-0.15, -0.1) is 6.42 Å². The predicted molar refractivity (Wildman–Crippen MR) is 308 cm³/mol. The number of pyridine rings is 1. The third-order valence-electron chi connectivity index (χ3n) is 16.2. The van der Waals surface area contributed by atoms with Gasteiger partial charge in [0, 0.05) is 66.5 Å². The van der Waals surface area contributed by atoms with E-state index < -0.39 is 11.6 Å². The van der Waals surface area contributed by atoms with Crippen molar-refractivity contribution < 1.29 is 41.9 Å². The van der Waals surface area contributed by atoms with Gasteiger partial charge in [0.25, 0.3) is 5.88 Å². The second kappa shape index (κ2) is 26.3. The van der Waals surface area contributed by atoms with Crippen molar-refractivity contribution in [3.05, 3.63) is 119 Å². The summed E-state index contributed by atoms with van der Waals surface area (Å²) >= 11 is 0. The molecule has 2 bridgehead atoms. The molecule has 4 aliphatic rings. The number of hydrogen-bond acceptors (Lipinski definition) is 14. The molecular weight excluding hydrogens is 1040 g/mol. The van der Waals surface area contributed by atoms with Crippen LogP contribution in [0.5, 0.6) is 17.6 Å². The molecule has 81 heavy (non-hydrogen) atoms. The summed E-state index contributed by atoms with van der Waals surface area (Å²) in [6, 6.07) is 21.3. The van der Waals surface area contributed by atoms with Gasteiger partial charge in [0.1, 0.15) is 47.3 Å². The van der Waals surface area contributed by atoms with Crippen LogP contribution < -0.4 is 25.0 Å². The molecule has 4 aromatic carbocycles.